The predicted molar refractivity (Wildman–Crippen MR) is 71.3 cm³/mol. The quantitative estimate of drug-likeness (QED) is 0.808. The van der Waals surface area contributed by atoms with Crippen LogP contribution in [0.2, 0.25) is 0 Å². The fourth-order valence-electron chi connectivity index (χ4n) is 1.76. The van der Waals surface area contributed by atoms with E-state index in [-0.39, 0.29) is 12.5 Å². The number of hydrogen-bond acceptors (Lipinski definition) is 4. The number of methoxy groups -OCH3 is 1. The molecule has 0 aliphatic rings. The number of hydrogen-bond donors (Lipinski definition) is 2. The van der Waals surface area contributed by atoms with Gasteiger partial charge in [0.05, 0.1) is 13.7 Å². The molecule has 0 atom stereocenters. The van der Waals surface area contributed by atoms with Crippen molar-refractivity contribution in [3.63, 3.8) is 0 Å². The first kappa shape index (κ1) is 15.0. The zero-order valence-electron chi connectivity index (χ0n) is 11.3. The Morgan fingerprint density at radius 1 is 1.42 bits per heavy atom. The molecule has 1 rings (SSSR count). The van der Waals surface area contributed by atoms with Gasteiger partial charge in [-0.15, -0.1) is 0 Å². The Hall–Kier alpha value is -2.08. The maximum Gasteiger partial charge on any atom is 0.317 e. The van der Waals surface area contributed by atoms with Crippen molar-refractivity contribution in [1.29, 1.82) is 0 Å². The first-order chi connectivity index (χ1) is 8.92. The molecule has 6 heteroatoms. The van der Waals surface area contributed by atoms with E-state index < -0.39 is 5.97 Å². The minimum absolute atomic E-state index is 0.0620. The molecule has 0 spiro atoms. The Balaban J connectivity index is 2.89. The van der Waals surface area contributed by atoms with Crippen LogP contribution in [0.15, 0.2) is 18.2 Å². The smallest absolute Gasteiger partial charge is 0.317 e. The molecule has 0 bridgehead atoms. The van der Waals surface area contributed by atoms with E-state index in [1.807, 2.05) is 0 Å². The summed E-state index contributed by atoms with van der Waals surface area (Å²) in [4.78, 5) is 23.3. The SMILES string of the molecule is COc1ccc(NC(C)=O)cc1CN(C)CC(=O)O. The minimum Gasteiger partial charge on any atom is -0.496 e. The minimum atomic E-state index is -0.889. The van der Waals surface area contributed by atoms with Gasteiger partial charge in [-0.25, -0.2) is 0 Å². The normalized spacial score (nSPS) is 10.3. The number of nitrogens with one attached hydrogen (secondary N) is 1. The summed E-state index contributed by atoms with van der Waals surface area (Å²) < 4.78 is 5.22. The summed E-state index contributed by atoms with van der Waals surface area (Å²) in [6.45, 7) is 1.79. The van der Waals surface area contributed by atoms with Crippen LogP contribution in [-0.2, 0) is 16.1 Å². The number of anilines is 1. The molecule has 1 aromatic rings. The monoisotopic (exact) mass is 266 g/mol. The Bertz CT molecular complexity index is 474. The van der Waals surface area contributed by atoms with Gasteiger partial charge in [-0.3, -0.25) is 14.5 Å². The highest BCUT2D eigenvalue weighted by molar-refractivity contribution is 5.88. The third kappa shape index (κ3) is 4.97. The van der Waals surface area contributed by atoms with E-state index in [4.69, 9.17) is 9.84 Å². The van der Waals surface area contributed by atoms with Gasteiger partial charge in [0, 0.05) is 24.7 Å². The molecule has 104 valence electrons. The standard InChI is InChI=1S/C13H18N2O4/c1-9(16)14-11-4-5-12(19-3)10(6-11)7-15(2)8-13(17)18/h4-6H,7-8H2,1-3H3,(H,14,16)(H,17,18). The first-order valence-corrected chi connectivity index (χ1v) is 5.77. The number of rotatable bonds is 6. The first-order valence-electron chi connectivity index (χ1n) is 5.77. The highest BCUT2D eigenvalue weighted by Crippen LogP contribution is 2.23. The number of carbonyl (C=O) groups is 2. The summed E-state index contributed by atoms with van der Waals surface area (Å²) in [6.07, 6.45) is 0. The van der Waals surface area contributed by atoms with Crippen molar-refractivity contribution in [2.75, 3.05) is 26.0 Å². The van der Waals surface area contributed by atoms with Crippen LogP contribution in [0.4, 0.5) is 5.69 Å². The van der Waals surface area contributed by atoms with Gasteiger partial charge in [-0.1, -0.05) is 0 Å². The van der Waals surface area contributed by atoms with Crippen molar-refractivity contribution in [3.05, 3.63) is 23.8 Å². The molecule has 0 aliphatic heterocycles. The molecule has 1 aromatic carbocycles. The molecule has 0 unspecified atom stereocenters. The van der Waals surface area contributed by atoms with E-state index in [2.05, 4.69) is 5.32 Å². The van der Waals surface area contributed by atoms with Gasteiger partial charge in [0.25, 0.3) is 0 Å². The molecule has 2 N–H and O–H groups in total. The molecule has 1 amide bonds. The molecule has 0 saturated heterocycles. The molecule has 0 saturated carbocycles. The summed E-state index contributed by atoms with van der Waals surface area (Å²) in [5, 5.41) is 11.4. The van der Waals surface area contributed by atoms with Crippen molar-refractivity contribution in [2.45, 2.75) is 13.5 Å². The third-order valence-corrected chi connectivity index (χ3v) is 2.45. The lowest BCUT2D eigenvalue weighted by Gasteiger charge is -2.17. The molecular weight excluding hydrogens is 248 g/mol. The Morgan fingerprint density at radius 3 is 2.63 bits per heavy atom. The average molecular weight is 266 g/mol. The lowest BCUT2D eigenvalue weighted by atomic mass is 10.1. The van der Waals surface area contributed by atoms with Crippen LogP contribution in [0.3, 0.4) is 0 Å². The van der Waals surface area contributed by atoms with E-state index in [1.165, 1.54) is 6.92 Å². The average Bonchev–Trinajstić information content (AvgIpc) is 2.27. The van der Waals surface area contributed by atoms with Gasteiger partial charge < -0.3 is 15.2 Å². The van der Waals surface area contributed by atoms with Gasteiger partial charge in [0.2, 0.25) is 5.91 Å². The number of benzene rings is 1. The molecule has 0 heterocycles. The van der Waals surface area contributed by atoms with E-state index in [0.717, 1.165) is 5.56 Å². The Kier molecular flexibility index (Phi) is 5.32. The van der Waals surface area contributed by atoms with E-state index >= 15 is 0 Å². The van der Waals surface area contributed by atoms with Crippen LogP contribution < -0.4 is 10.1 Å². The van der Waals surface area contributed by atoms with Gasteiger partial charge in [0.15, 0.2) is 0 Å². The lowest BCUT2D eigenvalue weighted by molar-refractivity contribution is -0.138. The summed E-state index contributed by atoms with van der Waals surface area (Å²) in [5.41, 5.74) is 1.48. The van der Waals surface area contributed by atoms with E-state index in [0.29, 0.717) is 18.0 Å². The molecule has 19 heavy (non-hydrogen) atoms. The summed E-state index contributed by atoms with van der Waals surface area (Å²) in [6, 6.07) is 5.26. The van der Waals surface area contributed by atoms with E-state index in [9.17, 15) is 9.59 Å². The van der Waals surface area contributed by atoms with Crippen LogP contribution in [0, 0.1) is 0 Å². The third-order valence-electron chi connectivity index (χ3n) is 2.45. The number of nitrogens with zero attached hydrogens (tertiary/aromatic N) is 1. The molecule has 6 nitrogen and oxygen atoms in total. The number of likely N-dealkylation sites (N-methyl/N-ethyl adjacent to an activating group) is 1. The number of carboxylic acid groups (broad SMARTS) is 1. The summed E-state index contributed by atoms with van der Waals surface area (Å²) >= 11 is 0. The summed E-state index contributed by atoms with van der Waals surface area (Å²) in [5.74, 6) is -0.388. The molecule has 0 fully saturated rings. The number of carboxylic acids is 1. The maximum absolute atomic E-state index is 11.0. The zero-order chi connectivity index (χ0) is 14.4. The fourth-order valence-corrected chi connectivity index (χ4v) is 1.76. The van der Waals surface area contributed by atoms with Crippen LogP contribution >= 0.6 is 0 Å². The maximum atomic E-state index is 11.0. The topological polar surface area (TPSA) is 78.9 Å². The fraction of sp³-hybridized carbons (Fsp3) is 0.385. The molecule has 0 aromatic heterocycles. The second-order valence-corrected chi connectivity index (χ2v) is 4.27. The zero-order valence-corrected chi connectivity index (χ0v) is 11.3. The van der Waals surface area contributed by atoms with Crippen LogP contribution in [0.1, 0.15) is 12.5 Å². The van der Waals surface area contributed by atoms with Crippen molar-refractivity contribution in [1.82, 2.24) is 4.90 Å². The van der Waals surface area contributed by atoms with Gasteiger partial charge in [-0.05, 0) is 25.2 Å². The van der Waals surface area contributed by atoms with Crippen molar-refractivity contribution < 1.29 is 19.4 Å². The van der Waals surface area contributed by atoms with Crippen LogP contribution in [-0.4, -0.2) is 42.6 Å². The van der Waals surface area contributed by atoms with Gasteiger partial charge >= 0.3 is 5.97 Å². The van der Waals surface area contributed by atoms with Crippen LogP contribution in [0.5, 0.6) is 5.75 Å². The molecule has 0 aliphatic carbocycles. The largest absolute Gasteiger partial charge is 0.496 e. The van der Waals surface area contributed by atoms with E-state index in [1.54, 1.807) is 37.3 Å². The lowest BCUT2D eigenvalue weighted by Crippen LogP contribution is -2.25. The predicted octanol–water partition coefficient (Wildman–Crippen LogP) is 1.17. The summed E-state index contributed by atoms with van der Waals surface area (Å²) in [7, 11) is 3.26. The highest BCUT2D eigenvalue weighted by Gasteiger charge is 2.10. The second kappa shape index (κ2) is 6.75. The number of aliphatic carboxylic acids is 1. The molecular formula is C13H18N2O4. The van der Waals surface area contributed by atoms with Gasteiger partial charge in [-0.2, -0.15) is 0 Å². The number of carbonyl (C=O) groups excluding carboxylic acids is 1. The van der Waals surface area contributed by atoms with Crippen molar-refractivity contribution in [2.24, 2.45) is 0 Å². The van der Waals surface area contributed by atoms with Crippen molar-refractivity contribution >= 4 is 17.6 Å². The Morgan fingerprint density at radius 2 is 2.11 bits per heavy atom. The number of ether oxygens (including phenoxy) is 1. The second-order valence-electron chi connectivity index (χ2n) is 4.27. The highest BCUT2D eigenvalue weighted by atomic mass is 16.5. The van der Waals surface area contributed by atoms with Gasteiger partial charge in [0.1, 0.15) is 5.75 Å². The van der Waals surface area contributed by atoms with Crippen molar-refractivity contribution in [3.8, 4) is 5.75 Å². The Labute approximate surface area is 112 Å². The number of amides is 1. The molecule has 0 radical (unpaired) electrons. The van der Waals surface area contributed by atoms with Crippen LogP contribution in [0.25, 0.3) is 0 Å².